The Bertz CT molecular complexity index is 5530. The molecule has 0 aliphatic heterocycles. The minimum absolute atomic E-state index is 0. The molecule has 0 bridgehead atoms. The van der Waals surface area contributed by atoms with E-state index >= 15 is 0 Å². The van der Waals surface area contributed by atoms with Crippen LogP contribution >= 0.6 is 0 Å². The second-order valence-corrected chi connectivity index (χ2v) is 30.9. The molecule has 6 aliphatic carbocycles. The van der Waals surface area contributed by atoms with E-state index in [1.807, 2.05) is 41.0 Å². The molecule has 12 aromatic rings. The Morgan fingerprint density at radius 2 is 0.637 bits per heavy atom. The van der Waals surface area contributed by atoms with Crippen LogP contribution in [0.3, 0.4) is 0 Å². The quantitative estimate of drug-likeness (QED) is 0.0353. The number of fused-ring (bicyclic) bond motifs is 24. The number of hydrogen-bond acceptors (Lipinski definition) is 14. The first-order valence-electron chi connectivity index (χ1n) is 39.5. The lowest BCUT2D eigenvalue weighted by molar-refractivity contribution is 0.0986. The fourth-order valence-corrected chi connectivity index (χ4v) is 18.5. The first kappa shape index (κ1) is 83.7. The molecule has 18 nitrogen and oxygen atoms in total. The van der Waals surface area contributed by atoms with E-state index in [1.165, 1.54) is 113 Å². The summed E-state index contributed by atoms with van der Waals surface area (Å²) in [6.45, 7) is 27.7. The summed E-state index contributed by atoms with van der Waals surface area (Å²) in [5.74, 6) is 0.890. The number of carbonyl (C=O) groups is 8. The van der Waals surface area contributed by atoms with E-state index in [4.69, 9.17) is 0 Å². The zero-order valence-electron chi connectivity index (χ0n) is 64.3. The first-order valence-corrected chi connectivity index (χ1v) is 39.5. The Morgan fingerprint density at radius 3 is 0.894 bits per heavy atom. The van der Waals surface area contributed by atoms with Gasteiger partial charge in [-0.3, -0.25) is 38.4 Å². The number of aromatic hydroxyl groups is 2. The molecule has 18 rings (SSSR count). The van der Waals surface area contributed by atoms with Gasteiger partial charge >= 0.3 is 0 Å². The third kappa shape index (κ3) is 14.9. The van der Waals surface area contributed by atoms with E-state index < -0.39 is 0 Å². The summed E-state index contributed by atoms with van der Waals surface area (Å²) in [5.41, 5.74) is 21.6. The Labute approximate surface area is 663 Å². The predicted octanol–water partition coefficient (Wildman–Crippen LogP) is 18.6. The van der Waals surface area contributed by atoms with Gasteiger partial charge in [-0.25, -0.2) is 0 Å². The van der Waals surface area contributed by atoms with Crippen molar-refractivity contribution in [2.24, 2.45) is 0 Å². The lowest BCUT2D eigenvalue weighted by atomic mass is 9.98. The number of carbonyl (C=O) groups excluding carboxylic acids is 8. The van der Waals surface area contributed by atoms with Gasteiger partial charge in [0.05, 0.1) is 22.2 Å². The highest BCUT2D eigenvalue weighted by atomic mass is 16.3. The van der Waals surface area contributed by atoms with Crippen molar-refractivity contribution in [3.63, 3.8) is 0 Å². The minimum Gasteiger partial charge on any atom is -0.507 e. The standard InChI is InChI=1S/C24H26N2O2.2C23H24N2O2.C21H24N2O4.4CH4/c1-3-25(4-2)13-14-26-19-9-5-15-17(7-11-21(15)27)23(19)24-18-8-12-22(28)16(18)6-10-20(24)26;1-13(2)24-11-12-25-18-7-3-14-16(5-9-20(14)26)22(18)23-17-6-10-21(27)15(17)4-8-19(23)25;1-2-24-12-3-13-25-18-8-4-14-16(6-10-20(14)26)22(18)23-17-7-11-21(27)15(17)5-9-19(23)25;1-11(2)22-5-6-23-18-9-20(26)14(12(3)24)7-16(18)17-8-15(13(4)25)21(27)10-19(17)23;;;;/h5-6,9-10H,3-4,7-8,11-14H2,1-2H3;3-4,7-8,13,24H,5-6,9-12H2,1-2H3;4-5,8-9,24H,2-3,6-7,10-13H2,1H3;7-11,22,26-27H,5-6H2,1-4H3;4*1H4. The van der Waals surface area contributed by atoms with E-state index in [1.54, 1.807) is 24.3 Å². The van der Waals surface area contributed by atoms with Crippen LogP contribution in [-0.2, 0) is 64.7 Å². The molecule has 0 unspecified atom stereocenters. The van der Waals surface area contributed by atoms with E-state index in [2.05, 4.69) is 119 Å². The highest BCUT2D eigenvalue weighted by Gasteiger charge is 2.34. The van der Waals surface area contributed by atoms with Gasteiger partial charge in [-0.15, -0.1) is 0 Å². The minimum atomic E-state index is -0.234. The summed E-state index contributed by atoms with van der Waals surface area (Å²) in [6, 6.07) is 32.0. The van der Waals surface area contributed by atoms with Crippen molar-refractivity contribution < 1.29 is 48.6 Å². The van der Waals surface area contributed by atoms with Crippen molar-refractivity contribution in [3.05, 3.63) is 175 Å². The molecule has 0 saturated heterocycles. The van der Waals surface area contributed by atoms with Crippen LogP contribution in [0.2, 0.25) is 0 Å². The number of nitrogens with one attached hydrogen (secondary N) is 3. The molecular weight excluding hydrogens is 1410 g/mol. The van der Waals surface area contributed by atoms with Crippen molar-refractivity contribution in [2.45, 2.75) is 214 Å². The van der Waals surface area contributed by atoms with Gasteiger partial charge in [0, 0.05) is 218 Å². The van der Waals surface area contributed by atoms with Crippen molar-refractivity contribution in [1.82, 2.24) is 39.1 Å². The Balaban J connectivity index is 0.000000147. The summed E-state index contributed by atoms with van der Waals surface area (Å²) in [5, 5.41) is 39.7. The van der Waals surface area contributed by atoms with Gasteiger partial charge in [0.25, 0.3) is 0 Å². The van der Waals surface area contributed by atoms with Gasteiger partial charge in [-0.1, -0.05) is 78.2 Å². The van der Waals surface area contributed by atoms with Crippen LogP contribution in [0.15, 0.2) is 97.1 Å². The molecule has 0 amide bonds. The molecule has 0 fully saturated rings. The molecule has 8 aromatic carbocycles. The van der Waals surface area contributed by atoms with E-state index in [0.29, 0.717) is 63.7 Å². The summed E-state index contributed by atoms with van der Waals surface area (Å²) >= 11 is 0. The van der Waals surface area contributed by atoms with E-state index in [-0.39, 0.29) is 98.6 Å². The van der Waals surface area contributed by atoms with Crippen LogP contribution in [0.4, 0.5) is 0 Å². The molecule has 113 heavy (non-hydrogen) atoms. The maximum atomic E-state index is 12.4. The van der Waals surface area contributed by atoms with Crippen LogP contribution in [0.25, 0.3) is 87.2 Å². The largest absolute Gasteiger partial charge is 0.507 e. The molecule has 4 aromatic heterocycles. The molecule has 0 saturated carbocycles. The number of aryl methyl sites for hydroxylation is 7. The Morgan fingerprint density at radius 1 is 0.372 bits per heavy atom. The smallest absolute Gasteiger partial charge is 0.163 e. The number of benzene rings is 8. The van der Waals surface area contributed by atoms with Crippen LogP contribution < -0.4 is 16.0 Å². The van der Waals surface area contributed by atoms with Crippen molar-refractivity contribution in [3.8, 4) is 11.5 Å². The van der Waals surface area contributed by atoms with Gasteiger partial charge in [0.15, 0.2) is 46.3 Å². The van der Waals surface area contributed by atoms with Crippen LogP contribution in [0.1, 0.15) is 253 Å². The number of nitrogens with zero attached hydrogens (tertiary/aromatic N) is 5. The molecule has 0 spiro atoms. The van der Waals surface area contributed by atoms with E-state index in [0.717, 1.165) is 159 Å². The molecular formula is C95H114N8O10. The molecule has 0 radical (unpaired) electrons. The number of rotatable bonds is 20. The zero-order valence-corrected chi connectivity index (χ0v) is 64.3. The van der Waals surface area contributed by atoms with Crippen molar-refractivity contribution >= 4 is 133 Å². The van der Waals surface area contributed by atoms with Gasteiger partial charge in [0.2, 0.25) is 0 Å². The van der Waals surface area contributed by atoms with Crippen molar-refractivity contribution in [2.75, 3.05) is 45.8 Å². The van der Waals surface area contributed by atoms with Gasteiger partial charge in [-0.05, 0) is 203 Å². The molecule has 4 heterocycles. The summed E-state index contributed by atoms with van der Waals surface area (Å²) in [4.78, 5) is 100. The predicted molar refractivity (Wildman–Crippen MR) is 461 cm³/mol. The highest BCUT2D eigenvalue weighted by molar-refractivity contribution is 6.23. The summed E-state index contributed by atoms with van der Waals surface area (Å²) in [6.07, 6.45) is 9.58. The highest BCUT2D eigenvalue weighted by Crippen LogP contribution is 2.46. The maximum absolute atomic E-state index is 12.4. The SMILES string of the molecule is C.C.C.C.CC(=O)c1cc2c3cc(C(C)=O)c(O)cc3n(CCNC(C)C)c2cc1O.CC(C)NCCn1c2ccc3c(c2c2c4c(ccc21)C(=O)CC4)CCC3=O.CCN(CC)CCn1c2ccc3c(c2c2c4c(ccc21)C(=O)CC4)CCC3=O.CCNCCCn1c2ccc3c(c2c2c4c(ccc21)C(=O)CC4)CCC3=O. The second kappa shape index (κ2) is 34.2. The first-order chi connectivity index (χ1) is 52.6. The third-order valence-corrected chi connectivity index (χ3v) is 23.8. The fourth-order valence-electron chi connectivity index (χ4n) is 18.5. The number of hydrogen-bond donors (Lipinski definition) is 5. The van der Waals surface area contributed by atoms with Crippen LogP contribution in [0, 0.1) is 0 Å². The fraction of sp³-hybridized carbons (Fsp3) is 0.411. The average Bonchev–Trinajstić information content (AvgIpc) is 1.58. The molecule has 594 valence electrons. The van der Waals surface area contributed by atoms with Crippen LogP contribution in [0.5, 0.6) is 11.5 Å². The second-order valence-electron chi connectivity index (χ2n) is 30.9. The molecule has 5 N–H and O–H groups in total. The molecule has 18 heteroatoms. The lowest BCUT2D eigenvalue weighted by Crippen LogP contribution is -2.26. The zero-order chi connectivity index (χ0) is 76.5. The Hall–Kier alpha value is -10.2. The number of aromatic nitrogens is 4. The number of ketones is 8. The van der Waals surface area contributed by atoms with Gasteiger partial charge in [-0.2, -0.15) is 0 Å². The Kier molecular flexibility index (Phi) is 25.3. The average molecular weight is 1530 g/mol. The normalized spacial score (nSPS) is 14.4. The van der Waals surface area contributed by atoms with Gasteiger partial charge in [0.1, 0.15) is 11.5 Å². The monoisotopic (exact) mass is 1530 g/mol. The topological polar surface area (TPSA) is 236 Å². The lowest BCUT2D eigenvalue weighted by Gasteiger charge is -2.19. The number of phenols is 2. The summed E-state index contributed by atoms with van der Waals surface area (Å²) in [7, 11) is 0. The van der Waals surface area contributed by atoms with Crippen LogP contribution in [-0.4, -0.2) is 138 Å². The third-order valence-electron chi connectivity index (χ3n) is 23.8. The summed E-state index contributed by atoms with van der Waals surface area (Å²) < 4.78 is 9.16. The number of likely N-dealkylation sites (N-methyl/N-ethyl adjacent to an activating group) is 1. The van der Waals surface area contributed by atoms with Gasteiger partial charge < -0.3 is 49.3 Å². The maximum Gasteiger partial charge on any atom is 0.163 e. The van der Waals surface area contributed by atoms with Crippen molar-refractivity contribution in [1.29, 1.82) is 0 Å². The number of phenolic OH excluding ortho intramolecular Hbond substituents is 2. The van der Waals surface area contributed by atoms with E-state index in [9.17, 15) is 48.6 Å². The molecule has 0 atom stereocenters. The molecule has 6 aliphatic rings. The number of Topliss-reactive ketones (excluding diaryl/α,β-unsaturated/α-hetero) is 8.